The summed E-state index contributed by atoms with van der Waals surface area (Å²) in [6, 6.07) is 7.13. The van der Waals surface area contributed by atoms with Gasteiger partial charge in [-0.05, 0) is 82.5 Å². The molecule has 3 N–H and O–H groups in total. The van der Waals surface area contributed by atoms with Gasteiger partial charge in [0, 0.05) is 19.1 Å². The Kier molecular flexibility index (Phi) is 12.1. The van der Waals surface area contributed by atoms with Gasteiger partial charge in [-0.2, -0.15) is 0 Å². The average Bonchev–Trinajstić information content (AvgIpc) is 3.42. The van der Waals surface area contributed by atoms with Gasteiger partial charge >= 0.3 is 0 Å². The van der Waals surface area contributed by atoms with Gasteiger partial charge in [-0.25, -0.2) is 0 Å². The molecule has 8 nitrogen and oxygen atoms in total. The van der Waals surface area contributed by atoms with E-state index in [4.69, 9.17) is 0 Å². The zero-order chi connectivity index (χ0) is 26.6. The van der Waals surface area contributed by atoms with Crippen LogP contribution in [0.15, 0.2) is 24.3 Å². The van der Waals surface area contributed by atoms with Crippen LogP contribution in [-0.2, 0) is 20.8 Å². The number of hydrogen-bond donors (Lipinski definition) is 3. The van der Waals surface area contributed by atoms with Crippen molar-refractivity contribution in [3.05, 3.63) is 35.4 Å². The molecule has 3 amide bonds. The molecule has 5 rings (SSSR count). The van der Waals surface area contributed by atoms with Crippen LogP contribution in [-0.4, -0.2) is 78.4 Å². The lowest BCUT2D eigenvalue weighted by Gasteiger charge is -2.45. The van der Waals surface area contributed by atoms with Gasteiger partial charge in [-0.3, -0.25) is 19.3 Å². The van der Waals surface area contributed by atoms with Gasteiger partial charge in [0.1, 0.15) is 12.1 Å². The molecule has 10 heteroatoms. The number of carbonyl (C=O) groups is 3. The van der Waals surface area contributed by atoms with Gasteiger partial charge in [0.15, 0.2) is 0 Å². The molecular formula is C30H47Cl2N5O3. The summed E-state index contributed by atoms with van der Waals surface area (Å²) in [6.45, 7) is 3.91. The van der Waals surface area contributed by atoms with Crippen LogP contribution in [0.2, 0.25) is 0 Å². The monoisotopic (exact) mass is 595 g/mol. The summed E-state index contributed by atoms with van der Waals surface area (Å²) in [5, 5.41) is 9.44. The number of carbonyl (C=O) groups excluding carboxylic acids is 3. The second-order valence-electron chi connectivity index (χ2n) is 11.8. The molecule has 0 spiro atoms. The van der Waals surface area contributed by atoms with Gasteiger partial charge in [0.2, 0.25) is 17.7 Å². The van der Waals surface area contributed by atoms with Crippen LogP contribution in [0, 0.1) is 5.92 Å². The normalized spacial score (nSPS) is 26.2. The number of benzene rings is 1. The van der Waals surface area contributed by atoms with Crippen molar-refractivity contribution in [1.29, 1.82) is 0 Å². The zero-order valence-corrected chi connectivity index (χ0v) is 25.5. The lowest BCUT2D eigenvalue weighted by atomic mass is 9.82. The molecule has 3 fully saturated rings. The Bertz CT molecular complexity index is 1020. The fraction of sp³-hybridized carbons (Fsp3) is 0.700. The molecule has 224 valence electrons. The zero-order valence-electron chi connectivity index (χ0n) is 23.9. The quantitative estimate of drug-likeness (QED) is 0.449. The molecule has 0 aromatic heterocycles. The molecule has 1 aromatic rings. The Morgan fingerprint density at radius 3 is 2.42 bits per heavy atom. The van der Waals surface area contributed by atoms with Crippen molar-refractivity contribution in [3.8, 4) is 0 Å². The standard InChI is InChI=1S/C30H45N5O3.2ClH/c1-20(31-2)28(36)33-27(22-11-4-3-5-12-22)30(38)35-18-23-14-9-17-34(23)19-26(35)29(37)32-25-16-8-13-21-10-6-7-15-24(21)25;;/h6-7,10,15,20,22-23,25-27,31H,3-5,8-9,11-14,16-19H2,1-2H3,(H,32,37)(H,33,36);2*1H/t20-,23+,25+,26-,27-;;/m0../s1. The van der Waals surface area contributed by atoms with E-state index in [2.05, 4.69) is 39.0 Å². The van der Waals surface area contributed by atoms with Crippen molar-refractivity contribution in [1.82, 2.24) is 25.8 Å². The Morgan fingerprint density at radius 2 is 1.68 bits per heavy atom. The first-order valence-corrected chi connectivity index (χ1v) is 14.9. The van der Waals surface area contributed by atoms with Crippen molar-refractivity contribution in [3.63, 3.8) is 0 Å². The Balaban J connectivity index is 0.00000220. The predicted octanol–water partition coefficient (Wildman–Crippen LogP) is 3.37. The SMILES string of the molecule is CN[C@@H](C)C(=O)N[C@H](C(=O)N1C[C@H]2CCCN2C[C@H]1C(=O)N[C@@H]1CCCc2ccccc21)C1CCCCC1.Cl.Cl. The Labute approximate surface area is 251 Å². The van der Waals surface area contributed by atoms with Crippen LogP contribution >= 0.6 is 24.8 Å². The lowest BCUT2D eigenvalue weighted by molar-refractivity contribution is -0.149. The van der Waals surface area contributed by atoms with Crippen molar-refractivity contribution >= 4 is 42.5 Å². The van der Waals surface area contributed by atoms with Crippen LogP contribution in [0.3, 0.4) is 0 Å². The van der Waals surface area contributed by atoms with Gasteiger partial charge in [-0.15, -0.1) is 24.8 Å². The van der Waals surface area contributed by atoms with Gasteiger partial charge in [-0.1, -0.05) is 43.5 Å². The van der Waals surface area contributed by atoms with Crippen molar-refractivity contribution in [2.45, 2.75) is 101 Å². The number of nitrogens with one attached hydrogen (secondary N) is 3. The summed E-state index contributed by atoms with van der Waals surface area (Å²) < 4.78 is 0. The summed E-state index contributed by atoms with van der Waals surface area (Å²) in [5.74, 6) is -0.192. The fourth-order valence-corrected chi connectivity index (χ4v) is 7.09. The number of nitrogens with zero attached hydrogens (tertiary/aromatic N) is 2. The summed E-state index contributed by atoms with van der Waals surface area (Å²) in [6.07, 6.45) is 10.3. The van der Waals surface area contributed by atoms with E-state index in [1.807, 2.05) is 17.9 Å². The van der Waals surface area contributed by atoms with Crippen LogP contribution in [0.5, 0.6) is 0 Å². The summed E-state index contributed by atoms with van der Waals surface area (Å²) in [4.78, 5) is 45.4. The lowest BCUT2D eigenvalue weighted by Crippen LogP contribution is -2.66. The Hall–Kier alpha value is -1.87. The molecule has 4 aliphatic rings. The molecule has 40 heavy (non-hydrogen) atoms. The second kappa shape index (κ2) is 14.9. The molecule has 0 unspecified atom stereocenters. The van der Waals surface area contributed by atoms with Crippen molar-refractivity contribution in [2.75, 3.05) is 26.7 Å². The topological polar surface area (TPSA) is 93.8 Å². The predicted molar refractivity (Wildman–Crippen MR) is 162 cm³/mol. The third-order valence-corrected chi connectivity index (χ3v) is 9.47. The van der Waals surface area contributed by atoms with E-state index in [-0.39, 0.29) is 66.6 Å². The highest BCUT2D eigenvalue weighted by Crippen LogP contribution is 2.32. The highest BCUT2D eigenvalue weighted by molar-refractivity contribution is 5.93. The van der Waals surface area contributed by atoms with E-state index < -0.39 is 12.1 Å². The maximum absolute atomic E-state index is 14.3. The number of fused-ring (bicyclic) bond motifs is 2. The molecule has 2 aliphatic heterocycles. The smallest absolute Gasteiger partial charge is 0.246 e. The average molecular weight is 597 g/mol. The molecule has 0 radical (unpaired) electrons. The molecule has 5 atom stereocenters. The fourth-order valence-electron chi connectivity index (χ4n) is 7.09. The molecule has 0 bridgehead atoms. The minimum absolute atomic E-state index is 0. The van der Waals surface area contributed by atoms with Crippen LogP contribution < -0.4 is 16.0 Å². The first kappa shape index (κ1) is 32.6. The summed E-state index contributed by atoms with van der Waals surface area (Å²) in [5.41, 5.74) is 2.51. The maximum Gasteiger partial charge on any atom is 0.246 e. The molecule has 1 aromatic carbocycles. The van der Waals surface area contributed by atoms with E-state index in [0.29, 0.717) is 13.1 Å². The number of aryl methyl sites for hydroxylation is 1. The number of halogens is 2. The number of piperazine rings is 1. The van der Waals surface area contributed by atoms with Crippen LogP contribution in [0.4, 0.5) is 0 Å². The van der Waals surface area contributed by atoms with E-state index in [1.165, 1.54) is 17.5 Å². The summed E-state index contributed by atoms with van der Waals surface area (Å²) in [7, 11) is 1.75. The summed E-state index contributed by atoms with van der Waals surface area (Å²) >= 11 is 0. The Morgan fingerprint density at radius 1 is 0.925 bits per heavy atom. The second-order valence-corrected chi connectivity index (χ2v) is 11.8. The highest BCUT2D eigenvalue weighted by atomic mass is 35.5. The molecule has 2 saturated heterocycles. The molecule has 2 aliphatic carbocycles. The minimum atomic E-state index is -0.586. The molecular weight excluding hydrogens is 549 g/mol. The van der Waals surface area contributed by atoms with E-state index in [9.17, 15) is 14.4 Å². The van der Waals surface area contributed by atoms with E-state index in [1.54, 1.807) is 7.05 Å². The van der Waals surface area contributed by atoms with Gasteiger partial charge in [0.25, 0.3) is 0 Å². The molecule has 2 heterocycles. The first-order chi connectivity index (χ1) is 18.5. The highest BCUT2D eigenvalue weighted by Gasteiger charge is 2.45. The molecule has 1 saturated carbocycles. The first-order valence-electron chi connectivity index (χ1n) is 14.9. The van der Waals surface area contributed by atoms with Gasteiger partial charge < -0.3 is 20.9 Å². The van der Waals surface area contributed by atoms with E-state index >= 15 is 0 Å². The van der Waals surface area contributed by atoms with Gasteiger partial charge in [0.05, 0.1) is 12.1 Å². The van der Waals surface area contributed by atoms with Crippen LogP contribution in [0.25, 0.3) is 0 Å². The minimum Gasteiger partial charge on any atom is -0.347 e. The third-order valence-electron chi connectivity index (χ3n) is 9.47. The van der Waals surface area contributed by atoms with Crippen LogP contribution in [0.1, 0.15) is 81.9 Å². The largest absolute Gasteiger partial charge is 0.347 e. The van der Waals surface area contributed by atoms with Crippen molar-refractivity contribution in [2.24, 2.45) is 5.92 Å². The van der Waals surface area contributed by atoms with E-state index in [0.717, 1.165) is 64.3 Å². The maximum atomic E-state index is 14.3. The number of amides is 3. The van der Waals surface area contributed by atoms with Crippen molar-refractivity contribution < 1.29 is 14.4 Å². The third kappa shape index (κ3) is 7.12. The number of rotatable bonds is 7. The number of hydrogen-bond acceptors (Lipinski definition) is 5. The number of likely N-dealkylation sites (N-methyl/N-ethyl adjacent to an activating group) is 1.